The number of hydrogen-bond acceptors (Lipinski definition) is 1. The first kappa shape index (κ1) is 14.0. The second kappa shape index (κ2) is 6.18. The molecule has 0 bridgehead atoms. The van der Waals surface area contributed by atoms with Gasteiger partial charge < -0.3 is 5.32 Å². The van der Waals surface area contributed by atoms with Crippen LogP contribution in [0.4, 0.5) is 4.39 Å². The molecule has 2 atom stereocenters. The van der Waals surface area contributed by atoms with E-state index in [0.29, 0.717) is 0 Å². The van der Waals surface area contributed by atoms with Crippen LogP contribution in [0.15, 0.2) is 48.5 Å². The molecule has 0 radical (unpaired) electrons. The Labute approximate surface area is 118 Å². The van der Waals surface area contributed by atoms with Gasteiger partial charge in [-0.3, -0.25) is 0 Å². The second-order valence-electron chi connectivity index (χ2n) is 4.69. The first-order valence-electron chi connectivity index (χ1n) is 6.34. The van der Waals surface area contributed by atoms with Crippen molar-refractivity contribution in [1.82, 2.24) is 5.32 Å². The maximum Gasteiger partial charge on any atom is 0.141 e. The van der Waals surface area contributed by atoms with Crippen molar-refractivity contribution in [2.45, 2.75) is 25.9 Å². The molecular weight excluding hydrogens is 261 g/mol. The van der Waals surface area contributed by atoms with Crippen molar-refractivity contribution in [3.8, 4) is 0 Å². The minimum absolute atomic E-state index is 0.105. The van der Waals surface area contributed by atoms with Gasteiger partial charge in [0.25, 0.3) is 0 Å². The topological polar surface area (TPSA) is 12.0 Å². The highest BCUT2D eigenvalue weighted by atomic mass is 35.5. The predicted octanol–water partition coefficient (Wildman–Crippen LogP) is 4.89. The first-order chi connectivity index (χ1) is 9.08. The molecule has 100 valence electrons. The normalized spacial score (nSPS) is 14.1. The van der Waals surface area contributed by atoms with Gasteiger partial charge in [-0.1, -0.05) is 48.0 Å². The molecule has 1 nitrogen and oxygen atoms in total. The Kier molecular flexibility index (Phi) is 4.56. The molecule has 2 aromatic carbocycles. The van der Waals surface area contributed by atoms with Crippen molar-refractivity contribution in [1.29, 1.82) is 0 Å². The number of hydrogen-bond donors (Lipinski definition) is 1. The fraction of sp³-hybridized carbons (Fsp3) is 0.250. The van der Waals surface area contributed by atoms with Crippen LogP contribution in [-0.4, -0.2) is 0 Å². The van der Waals surface area contributed by atoms with Crippen molar-refractivity contribution < 1.29 is 4.39 Å². The van der Waals surface area contributed by atoms with E-state index in [1.165, 1.54) is 11.6 Å². The Morgan fingerprint density at radius 1 is 0.947 bits per heavy atom. The molecule has 0 aromatic heterocycles. The third-order valence-electron chi connectivity index (χ3n) is 3.24. The summed E-state index contributed by atoms with van der Waals surface area (Å²) in [6.07, 6.45) is 0. The third kappa shape index (κ3) is 3.55. The number of nitrogens with one attached hydrogen (secondary N) is 1. The van der Waals surface area contributed by atoms with Crippen LogP contribution in [0.25, 0.3) is 0 Å². The highest BCUT2D eigenvalue weighted by molar-refractivity contribution is 6.30. The Hall–Kier alpha value is -1.38. The molecule has 0 amide bonds. The molecule has 0 spiro atoms. The van der Waals surface area contributed by atoms with Crippen LogP contribution in [0.1, 0.15) is 37.1 Å². The van der Waals surface area contributed by atoms with E-state index in [1.807, 2.05) is 25.1 Å². The lowest BCUT2D eigenvalue weighted by Gasteiger charge is -2.21. The standard InChI is InChI=1S/C16H17ClFN/c1-11(13-6-4-3-5-7-13)19-12(2)14-8-9-16(18)15(17)10-14/h3-12,19H,1-2H3. The highest BCUT2D eigenvalue weighted by Crippen LogP contribution is 2.23. The minimum atomic E-state index is -0.381. The minimum Gasteiger partial charge on any atom is -0.304 e. The molecule has 1 N–H and O–H groups in total. The van der Waals surface area contributed by atoms with Crippen LogP contribution >= 0.6 is 11.6 Å². The Balaban J connectivity index is 2.08. The van der Waals surface area contributed by atoms with Gasteiger partial charge in [0.1, 0.15) is 5.82 Å². The van der Waals surface area contributed by atoms with Gasteiger partial charge in [0.05, 0.1) is 5.02 Å². The smallest absolute Gasteiger partial charge is 0.141 e. The molecule has 0 aliphatic carbocycles. The Bertz CT molecular complexity index is 542. The lowest BCUT2D eigenvalue weighted by atomic mass is 10.0. The van der Waals surface area contributed by atoms with E-state index in [1.54, 1.807) is 12.1 Å². The summed E-state index contributed by atoms with van der Waals surface area (Å²) in [5, 5.41) is 3.64. The highest BCUT2D eigenvalue weighted by Gasteiger charge is 2.12. The van der Waals surface area contributed by atoms with E-state index in [2.05, 4.69) is 24.4 Å². The molecule has 0 aliphatic heterocycles. The van der Waals surface area contributed by atoms with E-state index in [4.69, 9.17) is 11.6 Å². The van der Waals surface area contributed by atoms with Gasteiger partial charge in [-0.25, -0.2) is 4.39 Å². The van der Waals surface area contributed by atoms with Gasteiger partial charge in [0.2, 0.25) is 0 Å². The third-order valence-corrected chi connectivity index (χ3v) is 3.53. The SMILES string of the molecule is CC(NC(C)c1ccc(F)c(Cl)c1)c1ccccc1. The molecule has 2 aromatic rings. The number of benzene rings is 2. The van der Waals surface area contributed by atoms with Crippen molar-refractivity contribution in [2.24, 2.45) is 0 Å². The van der Waals surface area contributed by atoms with Crippen LogP contribution in [0.2, 0.25) is 5.02 Å². The lowest BCUT2D eigenvalue weighted by molar-refractivity contribution is 0.494. The molecule has 0 fully saturated rings. The quantitative estimate of drug-likeness (QED) is 0.839. The van der Waals surface area contributed by atoms with E-state index in [9.17, 15) is 4.39 Å². The summed E-state index contributed by atoms with van der Waals surface area (Å²) in [5.74, 6) is -0.381. The summed E-state index contributed by atoms with van der Waals surface area (Å²) in [4.78, 5) is 0. The molecule has 3 heteroatoms. The molecule has 19 heavy (non-hydrogen) atoms. The van der Waals surface area contributed by atoms with Gasteiger partial charge in [-0.05, 0) is 37.1 Å². The summed E-state index contributed by atoms with van der Waals surface area (Å²) >= 11 is 5.81. The zero-order chi connectivity index (χ0) is 13.8. The summed E-state index contributed by atoms with van der Waals surface area (Å²) in [6, 6.07) is 15.4. The van der Waals surface area contributed by atoms with E-state index in [0.717, 1.165) is 5.56 Å². The van der Waals surface area contributed by atoms with E-state index in [-0.39, 0.29) is 22.9 Å². The summed E-state index contributed by atoms with van der Waals surface area (Å²) in [5.41, 5.74) is 2.21. The molecule has 0 saturated heterocycles. The van der Waals surface area contributed by atoms with Crippen molar-refractivity contribution in [3.05, 3.63) is 70.5 Å². The average Bonchev–Trinajstić information content (AvgIpc) is 2.42. The summed E-state index contributed by atoms with van der Waals surface area (Å²) < 4.78 is 13.1. The molecule has 2 rings (SSSR count). The largest absolute Gasteiger partial charge is 0.304 e. The summed E-state index contributed by atoms with van der Waals surface area (Å²) in [7, 11) is 0. The molecule has 0 saturated carbocycles. The molecular formula is C16H17ClFN. The van der Waals surface area contributed by atoms with Crippen molar-refractivity contribution >= 4 is 11.6 Å². The van der Waals surface area contributed by atoms with Crippen molar-refractivity contribution in [2.75, 3.05) is 0 Å². The van der Waals surface area contributed by atoms with Crippen molar-refractivity contribution in [3.63, 3.8) is 0 Å². The zero-order valence-electron chi connectivity index (χ0n) is 11.0. The van der Waals surface area contributed by atoms with Crippen LogP contribution in [0.3, 0.4) is 0 Å². The zero-order valence-corrected chi connectivity index (χ0v) is 11.8. The molecule has 0 aliphatic rings. The van der Waals surface area contributed by atoms with Gasteiger partial charge >= 0.3 is 0 Å². The van der Waals surface area contributed by atoms with Gasteiger partial charge in [-0.2, -0.15) is 0 Å². The number of halogens is 2. The molecule has 2 unspecified atom stereocenters. The maximum atomic E-state index is 13.1. The first-order valence-corrected chi connectivity index (χ1v) is 6.71. The van der Waals surface area contributed by atoms with Crippen LogP contribution in [0.5, 0.6) is 0 Å². The average molecular weight is 278 g/mol. The van der Waals surface area contributed by atoms with Crippen LogP contribution in [0, 0.1) is 5.82 Å². The van der Waals surface area contributed by atoms with Crippen LogP contribution < -0.4 is 5.32 Å². The van der Waals surface area contributed by atoms with Gasteiger partial charge in [0.15, 0.2) is 0 Å². The second-order valence-corrected chi connectivity index (χ2v) is 5.10. The summed E-state index contributed by atoms with van der Waals surface area (Å²) in [6.45, 7) is 4.15. The van der Waals surface area contributed by atoms with Gasteiger partial charge in [0, 0.05) is 12.1 Å². The number of rotatable bonds is 4. The Morgan fingerprint density at radius 3 is 2.21 bits per heavy atom. The predicted molar refractivity (Wildman–Crippen MR) is 77.8 cm³/mol. The monoisotopic (exact) mass is 277 g/mol. The Morgan fingerprint density at radius 2 is 1.58 bits per heavy atom. The molecule has 0 heterocycles. The van der Waals surface area contributed by atoms with E-state index >= 15 is 0 Å². The fourth-order valence-electron chi connectivity index (χ4n) is 2.09. The van der Waals surface area contributed by atoms with E-state index < -0.39 is 0 Å². The van der Waals surface area contributed by atoms with Crippen LogP contribution in [-0.2, 0) is 0 Å². The van der Waals surface area contributed by atoms with Gasteiger partial charge in [-0.15, -0.1) is 0 Å². The fourth-order valence-corrected chi connectivity index (χ4v) is 2.28. The lowest BCUT2D eigenvalue weighted by Crippen LogP contribution is -2.22. The maximum absolute atomic E-state index is 13.1.